The number of hydrogen-bond acceptors (Lipinski definition) is 3. The lowest BCUT2D eigenvalue weighted by molar-refractivity contribution is 0.0725. The molecule has 23 heavy (non-hydrogen) atoms. The number of carbonyl (C=O) groups is 1. The molecule has 0 N–H and O–H groups in total. The van der Waals surface area contributed by atoms with Crippen molar-refractivity contribution < 1.29 is 4.79 Å². The number of amides is 1. The number of thiophene rings is 1. The van der Waals surface area contributed by atoms with Crippen LogP contribution in [0.15, 0.2) is 48.0 Å². The van der Waals surface area contributed by atoms with Crippen LogP contribution in [0.25, 0.3) is 21.3 Å². The van der Waals surface area contributed by atoms with Crippen LogP contribution >= 0.6 is 11.3 Å². The van der Waals surface area contributed by atoms with E-state index in [0.29, 0.717) is 0 Å². The minimum atomic E-state index is 0.172. The Hall–Kier alpha value is -2.20. The predicted molar refractivity (Wildman–Crippen MR) is 94.8 cm³/mol. The first-order valence-electron chi connectivity index (χ1n) is 8.04. The summed E-state index contributed by atoms with van der Waals surface area (Å²) < 4.78 is 0. The first-order chi connectivity index (χ1) is 11.3. The number of nitrogens with zero attached hydrogens (tertiary/aromatic N) is 2. The summed E-state index contributed by atoms with van der Waals surface area (Å²) in [5.41, 5.74) is 2.93. The van der Waals surface area contributed by atoms with Crippen LogP contribution in [0.5, 0.6) is 0 Å². The number of hydrogen-bond donors (Lipinski definition) is 0. The highest BCUT2D eigenvalue weighted by Gasteiger charge is 2.19. The molecule has 2 aromatic heterocycles. The largest absolute Gasteiger partial charge is 0.339 e. The zero-order valence-electron chi connectivity index (χ0n) is 12.9. The topological polar surface area (TPSA) is 33.2 Å². The molecule has 116 valence electrons. The van der Waals surface area contributed by atoms with E-state index in [1.54, 1.807) is 11.3 Å². The van der Waals surface area contributed by atoms with Crippen LogP contribution in [0.1, 0.15) is 29.6 Å². The Morgan fingerprint density at radius 3 is 2.83 bits per heavy atom. The lowest BCUT2D eigenvalue weighted by Gasteiger charge is -2.26. The molecule has 1 aliphatic rings. The first kappa shape index (κ1) is 14.4. The van der Waals surface area contributed by atoms with Crippen molar-refractivity contribution >= 4 is 28.1 Å². The molecule has 1 saturated heterocycles. The van der Waals surface area contributed by atoms with E-state index < -0.39 is 0 Å². The maximum absolute atomic E-state index is 12.6. The normalized spacial score (nSPS) is 15.0. The van der Waals surface area contributed by atoms with Gasteiger partial charge in [0.25, 0.3) is 5.91 Å². The molecule has 0 unspecified atom stereocenters. The molecule has 1 aromatic carbocycles. The van der Waals surface area contributed by atoms with Gasteiger partial charge in [0.05, 0.1) is 11.1 Å². The molecule has 4 rings (SSSR count). The van der Waals surface area contributed by atoms with Gasteiger partial charge in [-0.25, -0.2) is 0 Å². The molecule has 1 amide bonds. The van der Waals surface area contributed by atoms with Gasteiger partial charge in [-0.3, -0.25) is 9.78 Å². The van der Waals surface area contributed by atoms with Crippen LogP contribution in [0.4, 0.5) is 0 Å². The van der Waals surface area contributed by atoms with Crippen LogP contribution in [0, 0.1) is 0 Å². The Bertz CT molecular complexity index is 849. The van der Waals surface area contributed by atoms with Crippen molar-refractivity contribution in [2.45, 2.75) is 19.3 Å². The quantitative estimate of drug-likeness (QED) is 0.691. The van der Waals surface area contributed by atoms with Crippen molar-refractivity contribution in [1.29, 1.82) is 0 Å². The summed E-state index contributed by atoms with van der Waals surface area (Å²) in [4.78, 5) is 20.1. The molecule has 0 radical (unpaired) electrons. The molecule has 3 nitrogen and oxygen atoms in total. The number of benzene rings is 1. The van der Waals surface area contributed by atoms with E-state index in [0.717, 1.165) is 52.8 Å². The van der Waals surface area contributed by atoms with E-state index in [4.69, 9.17) is 0 Å². The first-order valence-corrected chi connectivity index (χ1v) is 8.92. The highest BCUT2D eigenvalue weighted by molar-refractivity contribution is 7.13. The molecule has 1 aliphatic heterocycles. The number of likely N-dealkylation sites (tertiary alicyclic amines) is 1. The van der Waals surface area contributed by atoms with Crippen molar-refractivity contribution in [3.05, 3.63) is 53.5 Å². The monoisotopic (exact) mass is 322 g/mol. The van der Waals surface area contributed by atoms with Crippen LogP contribution in [0.2, 0.25) is 0 Å². The van der Waals surface area contributed by atoms with E-state index in [-0.39, 0.29) is 5.91 Å². The van der Waals surface area contributed by atoms with Crippen molar-refractivity contribution in [3.8, 4) is 10.4 Å². The van der Waals surface area contributed by atoms with Crippen LogP contribution in [-0.4, -0.2) is 28.9 Å². The molecular formula is C19H18N2OS. The molecule has 0 saturated carbocycles. The van der Waals surface area contributed by atoms with E-state index in [9.17, 15) is 4.79 Å². The Morgan fingerprint density at radius 1 is 1.09 bits per heavy atom. The number of rotatable bonds is 2. The third kappa shape index (κ3) is 2.86. The van der Waals surface area contributed by atoms with Gasteiger partial charge >= 0.3 is 0 Å². The van der Waals surface area contributed by atoms with Gasteiger partial charge in [0.2, 0.25) is 0 Å². The SMILES string of the molecule is O=C(c1csc(-c2ccc3cccnc3c2)c1)N1CCCCC1. The van der Waals surface area contributed by atoms with Crippen LogP contribution < -0.4 is 0 Å². The van der Waals surface area contributed by atoms with Gasteiger partial charge < -0.3 is 4.90 Å². The Morgan fingerprint density at radius 2 is 1.96 bits per heavy atom. The number of aromatic nitrogens is 1. The smallest absolute Gasteiger partial charge is 0.254 e. The van der Waals surface area contributed by atoms with E-state index in [2.05, 4.69) is 29.2 Å². The predicted octanol–water partition coefficient (Wildman–Crippen LogP) is 4.59. The van der Waals surface area contributed by atoms with E-state index >= 15 is 0 Å². The molecule has 3 aromatic rings. The zero-order chi connectivity index (χ0) is 15.6. The minimum Gasteiger partial charge on any atom is -0.339 e. The van der Waals surface area contributed by atoms with Crippen LogP contribution in [-0.2, 0) is 0 Å². The Balaban J connectivity index is 1.62. The fourth-order valence-corrected chi connectivity index (χ4v) is 3.98. The summed E-state index contributed by atoms with van der Waals surface area (Å²) in [6, 6.07) is 12.3. The molecule has 4 heteroatoms. The standard InChI is InChI=1S/C19H18N2OS/c22-19(21-9-2-1-3-10-21)16-12-18(23-13-16)15-7-6-14-5-4-8-20-17(14)11-15/h4-8,11-13H,1-3,9-10H2. The number of fused-ring (bicyclic) bond motifs is 1. The summed E-state index contributed by atoms with van der Waals surface area (Å²) in [7, 11) is 0. The maximum atomic E-state index is 12.6. The van der Waals surface area contributed by atoms with Crippen molar-refractivity contribution in [2.75, 3.05) is 13.1 Å². The lowest BCUT2D eigenvalue weighted by atomic mass is 10.1. The molecule has 0 aliphatic carbocycles. The summed E-state index contributed by atoms with van der Waals surface area (Å²) >= 11 is 1.63. The Kier molecular flexibility index (Phi) is 3.83. The molecule has 0 bridgehead atoms. The van der Waals surface area contributed by atoms with E-state index in [1.165, 1.54) is 6.42 Å². The highest BCUT2D eigenvalue weighted by Crippen LogP contribution is 2.30. The second-order valence-corrected chi connectivity index (χ2v) is 6.87. The number of carbonyl (C=O) groups excluding carboxylic acids is 1. The average molecular weight is 322 g/mol. The summed E-state index contributed by atoms with van der Waals surface area (Å²) in [5.74, 6) is 0.172. The van der Waals surface area contributed by atoms with Gasteiger partial charge in [0.15, 0.2) is 0 Å². The lowest BCUT2D eigenvalue weighted by Crippen LogP contribution is -2.35. The third-order valence-corrected chi connectivity index (χ3v) is 5.36. The fourth-order valence-electron chi connectivity index (χ4n) is 3.10. The molecule has 0 atom stereocenters. The zero-order valence-corrected chi connectivity index (χ0v) is 13.7. The minimum absolute atomic E-state index is 0.172. The van der Waals surface area contributed by atoms with Crippen molar-refractivity contribution in [2.24, 2.45) is 0 Å². The molecule has 0 spiro atoms. The molecular weight excluding hydrogens is 304 g/mol. The summed E-state index contributed by atoms with van der Waals surface area (Å²) in [6.07, 6.45) is 5.30. The summed E-state index contributed by atoms with van der Waals surface area (Å²) in [6.45, 7) is 1.79. The van der Waals surface area contributed by atoms with Gasteiger partial charge in [-0.1, -0.05) is 18.2 Å². The third-order valence-electron chi connectivity index (χ3n) is 4.38. The molecule has 3 heterocycles. The summed E-state index contributed by atoms with van der Waals surface area (Å²) in [5, 5.41) is 3.12. The van der Waals surface area contributed by atoms with Gasteiger partial charge in [-0.15, -0.1) is 11.3 Å². The second-order valence-electron chi connectivity index (χ2n) is 5.96. The maximum Gasteiger partial charge on any atom is 0.254 e. The number of piperidine rings is 1. The van der Waals surface area contributed by atoms with Gasteiger partial charge in [-0.2, -0.15) is 0 Å². The van der Waals surface area contributed by atoms with E-state index in [1.807, 2.05) is 28.6 Å². The molecule has 1 fully saturated rings. The average Bonchev–Trinajstić information content (AvgIpc) is 3.11. The number of pyridine rings is 1. The fraction of sp³-hybridized carbons (Fsp3) is 0.263. The highest BCUT2D eigenvalue weighted by atomic mass is 32.1. The van der Waals surface area contributed by atoms with Crippen molar-refractivity contribution in [3.63, 3.8) is 0 Å². The van der Waals surface area contributed by atoms with Gasteiger partial charge in [-0.05, 0) is 43.0 Å². The Labute approximate surface area is 139 Å². The van der Waals surface area contributed by atoms with Crippen molar-refractivity contribution in [1.82, 2.24) is 9.88 Å². The van der Waals surface area contributed by atoms with Crippen LogP contribution in [0.3, 0.4) is 0 Å². The second kappa shape index (κ2) is 6.13. The van der Waals surface area contributed by atoms with Gasteiger partial charge in [0.1, 0.15) is 0 Å². The van der Waals surface area contributed by atoms with Gasteiger partial charge in [0, 0.05) is 34.9 Å².